The number of aryl methyl sites for hydroxylation is 2. The lowest BCUT2D eigenvalue weighted by Gasteiger charge is -2.32. The van der Waals surface area contributed by atoms with E-state index >= 15 is 0 Å². The van der Waals surface area contributed by atoms with Crippen molar-refractivity contribution in [2.75, 3.05) is 9.80 Å². The summed E-state index contributed by atoms with van der Waals surface area (Å²) in [7, 11) is 0. The van der Waals surface area contributed by atoms with Crippen molar-refractivity contribution in [3.63, 3.8) is 0 Å². The minimum atomic E-state index is -0.262. The molecule has 0 aliphatic heterocycles. The summed E-state index contributed by atoms with van der Waals surface area (Å²) in [4.78, 5) is 4.99. The predicted octanol–water partition coefficient (Wildman–Crippen LogP) is 20.2. The largest absolute Gasteiger partial charge is 0.310 e. The van der Waals surface area contributed by atoms with Crippen LogP contribution in [-0.4, -0.2) is 0 Å². The van der Waals surface area contributed by atoms with Gasteiger partial charge < -0.3 is 9.80 Å². The Morgan fingerprint density at radius 1 is 0.289 bits per heavy atom. The standard InChI is InChI=1S/C74H66N2/c1-48-28-32-54(42-63(48)50-20-12-10-13-21-50)75(56-36-39-61-59-24-16-18-26-65(59)72(5,6)68(61)44-56)53-34-30-52(31-35-53)74(9)47-71(3,4)67-41-38-58(46-70(67)74)76(55-33-29-49(2)64(43-55)51-22-14-11-15-23-51)57-37-40-62-60-25-17-19-27-66(60)73(7,8)69(62)45-57/h10-46H,47H2,1-9H3. The zero-order chi connectivity index (χ0) is 52.3. The van der Waals surface area contributed by atoms with E-state index in [1.54, 1.807) is 0 Å². The average molecular weight is 983 g/mol. The van der Waals surface area contributed by atoms with Gasteiger partial charge in [0.15, 0.2) is 0 Å². The van der Waals surface area contributed by atoms with Crippen molar-refractivity contribution in [1.29, 1.82) is 0 Å². The Labute approximate surface area is 451 Å². The van der Waals surface area contributed by atoms with Crippen LogP contribution in [0.15, 0.2) is 224 Å². The van der Waals surface area contributed by atoms with Crippen LogP contribution >= 0.6 is 0 Å². The summed E-state index contributed by atoms with van der Waals surface area (Å²) >= 11 is 0. The van der Waals surface area contributed by atoms with E-state index in [0.717, 1.165) is 40.5 Å². The SMILES string of the molecule is Cc1ccc(N(c2ccc(C3(C)CC(C)(C)c4ccc(N(c5ccc(C)c(-c6ccccc6)c5)c5ccc6c(c5)C(C)(C)c5ccccc5-6)cc43)cc2)c2ccc3c(c2)C(C)(C)c2ccccc2-3)cc1-c1ccccc1. The van der Waals surface area contributed by atoms with Gasteiger partial charge in [0.2, 0.25) is 0 Å². The van der Waals surface area contributed by atoms with Crippen LogP contribution in [0.25, 0.3) is 44.5 Å². The number of benzene rings is 10. The first-order chi connectivity index (χ1) is 36.6. The van der Waals surface area contributed by atoms with E-state index in [1.807, 2.05) is 0 Å². The lowest BCUT2D eigenvalue weighted by molar-refractivity contribution is 0.425. The van der Waals surface area contributed by atoms with Crippen LogP contribution in [0, 0.1) is 13.8 Å². The van der Waals surface area contributed by atoms with Crippen LogP contribution < -0.4 is 9.80 Å². The average Bonchev–Trinajstić information content (AvgIpc) is 4.09. The highest BCUT2D eigenvalue weighted by Crippen LogP contribution is 2.57. The molecule has 0 aromatic heterocycles. The Hall–Kier alpha value is -8.20. The normalized spacial score (nSPS) is 16.8. The summed E-state index contributed by atoms with van der Waals surface area (Å²) in [6.45, 7) is 21.3. The molecule has 0 amide bonds. The smallest absolute Gasteiger partial charge is 0.0467 e. The van der Waals surface area contributed by atoms with Gasteiger partial charge in [0.05, 0.1) is 0 Å². The second-order valence-corrected chi connectivity index (χ2v) is 23.9. The van der Waals surface area contributed by atoms with E-state index in [9.17, 15) is 0 Å². The van der Waals surface area contributed by atoms with Gasteiger partial charge in [-0.1, -0.05) is 200 Å². The van der Waals surface area contributed by atoms with Gasteiger partial charge in [0, 0.05) is 50.4 Å². The van der Waals surface area contributed by atoms with Gasteiger partial charge in [-0.2, -0.15) is 0 Å². The fourth-order valence-electron chi connectivity index (χ4n) is 13.9. The van der Waals surface area contributed by atoms with Gasteiger partial charge in [-0.25, -0.2) is 0 Å². The molecular weight excluding hydrogens is 917 g/mol. The molecule has 0 radical (unpaired) electrons. The molecule has 372 valence electrons. The second kappa shape index (κ2) is 17.4. The van der Waals surface area contributed by atoms with E-state index in [-0.39, 0.29) is 21.7 Å². The first kappa shape index (κ1) is 47.5. The molecule has 10 aromatic carbocycles. The fourth-order valence-corrected chi connectivity index (χ4v) is 13.9. The third kappa shape index (κ3) is 7.43. The molecule has 0 spiro atoms. The monoisotopic (exact) mass is 983 g/mol. The molecule has 2 nitrogen and oxygen atoms in total. The first-order valence-electron chi connectivity index (χ1n) is 27.3. The highest BCUT2D eigenvalue weighted by molar-refractivity contribution is 5.89. The Balaban J connectivity index is 0.938. The van der Waals surface area contributed by atoms with Gasteiger partial charge in [0.25, 0.3) is 0 Å². The van der Waals surface area contributed by atoms with Gasteiger partial charge in [-0.3, -0.25) is 0 Å². The molecule has 76 heavy (non-hydrogen) atoms. The lowest BCUT2D eigenvalue weighted by atomic mass is 9.75. The molecule has 0 fully saturated rings. The summed E-state index contributed by atoms with van der Waals surface area (Å²) < 4.78 is 0. The summed E-state index contributed by atoms with van der Waals surface area (Å²) in [6, 6.07) is 84.8. The highest BCUT2D eigenvalue weighted by atomic mass is 15.1. The van der Waals surface area contributed by atoms with E-state index in [0.29, 0.717) is 0 Å². The summed E-state index contributed by atoms with van der Waals surface area (Å²) in [5, 5.41) is 0. The van der Waals surface area contributed by atoms with Gasteiger partial charge >= 0.3 is 0 Å². The minimum Gasteiger partial charge on any atom is -0.310 e. The van der Waals surface area contributed by atoms with Gasteiger partial charge in [0.1, 0.15) is 0 Å². The molecule has 0 saturated carbocycles. The lowest BCUT2D eigenvalue weighted by Crippen LogP contribution is -2.24. The number of hydrogen-bond donors (Lipinski definition) is 0. The van der Waals surface area contributed by atoms with E-state index in [2.05, 4.69) is 297 Å². The third-order valence-corrected chi connectivity index (χ3v) is 17.9. The molecular formula is C74H66N2. The second-order valence-electron chi connectivity index (χ2n) is 23.9. The van der Waals surface area contributed by atoms with E-state index in [4.69, 9.17) is 0 Å². The Kier molecular flexibility index (Phi) is 10.9. The Morgan fingerprint density at radius 2 is 0.658 bits per heavy atom. The topological polar surface area (TPSA) is 6.48 Å². The van der Waals surface area contributed by atoms with Crippen molar-refractivity contribution < 1.29 is 0 Å². The Bertz CT molecular complexity index is 3910. The van der Waals surface area contributed by atoms with Crippen molar-refractivity contribution in [3.05, 3.63) is 275 Å². The molecule has 0 saturated heterocycles. The van der Waals surface area contributed by atoms with Gasteiger partial charge in [-0.15, -0.1) is 0 Å². The van der Waals surface area contributed by atoms with Crippen molar-refractivity contribution in [2.24, 2.45) is 0 Å². The molecule has 0 bridgehead atoms. The van der Waals surface area contributed by atoms with Crippen LogP contribution in [0.3, 0.4) is 0 Å². The van der Waals surface area contributed by atoms with Crippen LogP contribution in [0.5, 0.6) is 0 Å². The molecule has 1 unspecified atom stereocenters. The molecule has 1 atom stereocenters. The number of rotatable bonds is 9. The molecule has 10 aromatic rings. The maximum Gasteiger partial charge on any atom is 0.0467 e. The Morgan fingerprint density at radius 3 is 1.14 bits per heavy atom. The molecule has 3 aliphatic carbocycles. The minimum absolute atomic E-state index is 0.0452. The van der Waals surface area contributed by atoms with Crippen molar-refractivity contribution >= 4 is 34.1 Å². The molecule has 0 heterocycles. The summed E-state index contributed by atoms with van der Waals surface area (Å²) in [5.41, 5.74) is 28.7. The zero-order valence-corrected chi connectivity index (χ0v) is 45.5. The molecule has 13 rings (SSSR count). The maximum absolute atomic E-state index is 2.53. The molecule has 0 N–H and O–H groups in total. The first-order valence-corrected chi connectivity index (χ1v) is 27.3. The highest BCUT2D eigenvalue weighted by Gasteiger charge is 2.46. The van der Waals surface area contributed by atoms with E-state index in [1.165, 1.54) is 94.6 Å². The van der Waals surface area contributed by atoms with Crippen LogP contribution in [-0.2, 0) is 21.7 Å². The summed E-state index contributed by atoms with van der Waals surface area (Å²) in [5.74, 6) is 0. The van der Waals surface area contributed by atoms with Crippen LogP contribution in [0.4, 0.5) is 34.1 Å². The molecule has 2 heteroatoms. The van der Waals surface area contributed by atoms with Crippen molar-refractivity contribution in [3.8, 4) is 44.5 Å². The van der Waals surface area contributed by atoms with Crippen LogP contribution in [0.1, 0.15) is 105 Å². The summed E-state index contributed by atoms with van der Waals surface area (Å²) in [6.07, 6.45) is 0.995. The van der Waals surface area contributed by atoms with E-state index < -0.39 is 0 Å². The molecule has 3 aliphatic rings. The number of anilines is 6. The van der Waals surface area contributed by atoms with Crippen LogP contribution in [0.2, 0.25) is 0 Å². The predicted molar refractivity (Wildman–Crippen MR) is 322 cm³/mol. The third-order valence-electron chi connectivity index (χ3n) is 17.9. The van der Waals surface area contributed by atoms with Crippen molar-refractivity contribution in [2.45, 2.75) is 90.4 Å². The van der Waals surface area contributed by atoms with Crippen molar-refractivity contribution in [1.82, 2.24) is 0 Å². The maximum atomic E-state index is 2.53. The zero-order valence-electron chi connectivity index (χ0n) is 45.5. The van der Waals surface area contributed by atoms with Gasteiger partial charge in [-0.05, 0) is 193 Å². The number of nitrogens with zero attached hydrogens (tertiary/aromatic N) is 2. The number of hydrogen-bond acceptors (Lipinski definition) is 2. The fraction of sp³-hybridized carbons (Fsp3) is 0.189. The quantitative estimate of drug-likeness (QED) is 0.142. The number of fused-ring (bicyclic) bond motifs is 7.